The third kappa shape index (κ3) is 4.30. The zero-order chi connectivity index (χ0) is 17.8. The summed E-state index contributed by atoms with van der Waals surface area (Å²) in [5, 5.41) is 9.93. The quantitative estimate of drug-likeness (QED) is 0.588. The van der Waals surface area contributed by atoms with Crippen LogP contribution in [0.4, 0.5) is 0 Å². The van der Waals surface area contributed by atoms with Crippen LogP contribution >= 0.6 is 23.4 Å². The molecule has 0 fully saturated rings. The maximum Gasteiger partial charge on any atom is 0.192 e. The molecule has 0 bridgehead atoms. The van der Waals surface area contributed by atoms with Gasteiger partial charge in [0.1, 0.15) is 5.78 Å². The third-order valence-electron chi connectivity index (χ3n) is 3.86. The minimum Gasteiger partial charge on any atom is -0.299 e. The molecule has 0 radical (unpaired) electrons. The van der Waals surface area contributed by atoms with Crippen molar-refractivity contribution in [3.63, 3.8) is 0 Å². The molecule has 25 heavy (non-hydrogen) atoms. The Bertz CT molecular complexity index is 862. The number of Topliss-reactive ketones (excluding diaryl/α,β-unsaturated/α-hetero) is 1. The summed E-state index contributed by atoms with van der Waals surface area (Å²) >= 11 is 7.42. The van der Waals surface area contributed by atoms with Crippen molar-refractivity contribution in [2.24, 2.45) is 0 Å². The molecule has 0 aliphatic heterocycles. The van der Waals surface area contributed by atoms with Crippen LogP contribution in [0.15, 0.2) is 59.8 Å². The molecule has 0 aliphatic rings. The van der Waals surface area contributed by atoms with E-state index in [9.17, 15) is 4.79 Å². The topological polar surface area (TPSA) is 47.8 Å². The first-order valence-corrected chi connectivity index (χ1v) is 9.20. The molecule has 3 rings (SSSR count). The Morgan fingerprint density at radius 1 is 1.12 bits per heavy atom. The van der Waals surface area contributed by atoms with Gasteiger partial charge in [-0.05, 0) is 43.7 Å². The Balaban J connectivity index is 2.01. The summed E-state index contributed by atoms with van der Waals surface area (Å²) in [5.41, 5.74) is 2.09. The molecule has 2 aromatic carbocycles. The molecule has 1 heterocycles. The van der Waals surface area contributed by atoms with Crippen LogP contribution < -0.4 is 0 Å². The molecule has 3 aromatic rings. The number of hydrogen-bond donors (Lipinski definition) is 0. The Hall–Kier alpha value is -2.11. The van der Waals surface area contributed by atoms with Gasteiger partial charge in [-0.15, -0.1) is 10.2 Å². The average Bonchev–Trinajstić information content (AvgIpc) is 2.99. The first kappa shape index (κ1) is 17.7. The van der Waals surface area contributed by atoms with Gasteiger partial charge in [-0.25, -0.2) is 0 Å². The fourth-order valence-electron chi connectivity index (χ4n) is 2.34. The van der Waals surface area contributed by atoms with E-state index in [0.717, 1.165) is 22.1 Å². The van der Waals surface area contributed by atoms with Crippen LogP contribution in [0.5, 0.6) is 0 Å². The number of thioether (sulfide) groups is 1. The summed E-state index contributed by atoms with van der Waals surface area (Å²) in [4.78, 5) is 11.6. The van der Waals surface area contributed by atoms with Gasteiger partial charge < -0.3 is 0 Å². The molecular weight excluding hydrogens is 354 g/mol. The van der Waals surface area contributed by atoms with Crippen LogP contribution in [-0.2, 0) is 11.3 Å². The molecule has 0 saturated carbocycles. The number of carbonyl (C=O) groups is 1. The van der Waals surface area contributed by atoms with E-state index >= 15 is 0 Å². The normalized spacial score (nSPS) is 12.1. The summed E-state index contributed by atoms with van der Waals surface area (Å²) in [6.45, 7) is 4.12. The fraction of sp³-hybridized carbons (Fsp3) is 0.211. The number of carbonyl (C=O) groups excluding carboxylic acids is 1. The molecule has 0 N–H and O–H groups in total. The van der Waals surface area contributed by atoms with Crippen molar-refractivity contribution in [2.45, 2.75) is 30.8 Å². The van der Waals surface area contributed by atoms with E-state index < -0.39 is 0 Å². The molecule has 6 heteroatoms. The van der Waals surface area contributed by atoms with E-state index in [0.29, 0.717) is 11.6 Å². The van der Waals surface area contributed by atoms with Gasteiger partial charge in [0.25, 0.3) is 0 Å². The van der Waals surface area contributed by atoms with E-state index in [2.05, 4.69) is 22.3 Å². The van der Waals surface area contributed by atoms with E-state index in [-0.39, 0.29) is 11.0 Å². The predicted octanol–water partition coefficient (Wildman–Crippen LogP) is 4.72. The number of aromatic nitrogens is 3. The molecule has 0 spiro atoms. The van der Waals surface area contributed by atoms with Crippen LogP contribution in [0.2, 0.25) is 5.02 Å². The van der Waals surface area contributed by atoms with Crippen LogP contribution in [-0.4, -0.2) is 25.8 Å². The second kappa shape index (κ2) is 7.85. The van der Waals surface area contributed by atoms with Crippen LogP contribution in [0.3, 0.4) is 0 Å². The number of halogens is 1. The summed E-state index contributed by atoms with van der Waals surface area (Å²) in [6, 6.07) is 17.7. The molecule has 0 amide bonds. The number of ketones is 1. The van der Waals surface area contributed by atoms with Crippen LogP contribution in [0, 0.1) is 0 Å². The average molecular weight is 372 g/mol. The molecule has 128 valence electrons. The van der Waals surface area contributed by atoms with Crippen LogP contribution in [0.25, 0.3) is 11.4 Å². The van der Waals surface area contributed by atoms with Gasteiger partial charge in [0.2, 0.25) is 0 Å². The first-order valence-electron chi connectivity index (χ1n) is 7.95. The second-order valence-electron chi connectivity index (χ2n) is 5.76. The standard InChI is InChI=1S/C19H18ClN3OS/c1-13(24)14(2)25-19-22-21-18(16-8-10-17(20)11-9-16)23(19)12-15-6-4-3-5-7-15/h3-11,14H,12H2,1-2H3. The van der Waals surface area contributed by atoms with Gasteiger partial charge >= 0.3 is 0 Å². The van der Waals surface area contributed by atoms with Gasteiger partial charge in [-0.1, -0.05) is 53.7 Å². The zero-order valence-corrected chi connectivity index (χ0v) is 15.6. The summed E-state index contributed by atoms with van der Waals surface area (Å²) in [6.07, 6.45) is 0. The molecule has 1 aromatic heterocycles. The lowest BCUT2D eigenvalue weighted by Crippen LogP contribution is -2.11. The number of rotatable bonds is 6. The summed E-state index contributed by atoms with van der Waals surface area (Å²) < 4.78 is 2.04. The monoisotopic (exact) mass is 371 g/mol. The van der Waals surface area contributed by atoms with Gasteiger partial charge in [0.15, 0.2) is 11.0 Å². The maximum absolute atomic E-state index is 11.6. The lowest BCUT2D eigenvalue weighted by atomic mass is 10.2. The number of benzene rings is 2. The predicted molar refractivity (Wildman–Crippen MR) is 102 cm³/mol. The second-order valence-corrected chi connectivity index (χ2v) is 7.50. The van der Waals surface area contributed by atoms with Gasteiger partial charge in [-0.2, -0.15) is 0 Å². The Morgan fingerprint density at radius 3 is 2.44 bits per heavy atom. The SMILES string of the molecule is CC(=O)C(C)Sc1nnc(-c2ccc(Cl)cc2)n1Cc1ccccc1. The molecule has 4 nitrogen and oxygen atoms in total. The van der Waals surface area contributed by atoms with Crippen molar-refractivity contribution < 1.29 is 4.79 Å². The van der Waals surface area contributed by atoms with Gasteiger partial charge in [-0.3, -0.25) is 9.36 Å². The number of hydrogen-bond acceptors (Lipinski definition) is 4. The van der Waals surface area contributed by atoms with Crippen molar-refractivity contribution in [2.75, 3.05) is 0 Å². The Kier molecular flexibility index (Phi) is 5.56. The lowest BCUT2D eigenvalue weighted by molar-refractivity contribution is -0.116. The molecular formula is C19H18ClN3OS. The first-order chi connectivity index (χ1) is 12.0. The zero-order valence-electron chi connectivity index (χ0n) is 14.0. The minimum atomic E-state index is -0.170. The summed E-state index contributed by atoms with van der Waals surface area (Å²) in [7, 11) is 0. The highest BCUT2D eigenvalue weighted by Gasteiger charge is 2.19. The lowest BCUT2D eigenvalue weighted by Gasteiger charge is -2.12. The fourth-order valence-corrected chi connectivity index (χ4v) is 3.31. The van der Waals surface area contributed by atoms with E-state index in [1.807, 2.05) is 54.0 Å². The van der Waals surface area contributed by atoms with Crippen molar-refractivity contribution in [3.05, 3.63) is 65.2 Å². The van der Waals surface area contributed by atoms with Crippen molar-refractivity contribution >= 4 is 29.1 Å². The smallest absolute Gasteiger partial charge is 0.192 e. The van der Waals surface area contributed by atoms with Gasteiger partial charge in [0.05, 0.1) is 11.8 Å². The largest absolute Gasteiger partial charge is 0.299 e. The van der Waals surface area contributed by atoms with Gasteiger partial charge in [0, 0.05) is 10.6 Å². The highest BCUT2D eigenvalue weighted by molar-refractivity contribution is 8.00. The summed E-state index contributed by atoms with van der Waals surface area (Å²) in [5.74, 6) is 0.881. The van der Waals surface area contributed by atoms with E-state index in [1.54, 1.807) is 6.92 Å². The number of nitrogens with zero attached hydrogens (tertiary/aromatic N) is 3. The molecule has 1 atom stereocenters. The minimum absolute atomic E-state index is 0.118. The van der Waals surface area contributed by atoms with Crippen molar-refractivity contribution in [1.82, 2.24) is 14.8 Å². The molecule has 0 saturated heterocycles. The molecule has 0 aliphatic carbocycles. The van der Waals surface area contributed by atoms with E-state index in [4.69, 9.17) is 11.6 Å². The Morgan fingerprint density at radius 2 is 1.80 bits per heavy atom. The molecule has 1 unspecified atom stereocenters. The van der Waals surface area contributed by atoms with Crippen molar-refractivity contribution in [3.8, 4) is 11.4 Å². The van der Waals surface area contributed by atoms with Crippen molar-refractivity contribution in [1.29, 1.82) is 0 Å². The van der Waals surface area contributed by atoms with Crippen LogP contribution in [0.1, 0.15) is 19.4 Å². The maximum atomic E-state index is 11.6. The van der Waals surface area contributed by atoms with E-state index in [1.165, 1.54) is 11.8 Å². The highest BCUT2D eigenvalue weighted by Crippen LogP contribution is 2.28. The highest BCUT2D eigenvalue weighted by atomic mass is 35.5. The third-order valence-corrected chi connectivity index (χ3v) is 5.31. The Labute approximate surface area is 156 Å².